The second-order valence-electron chi connectivity index (χ2n) is 8.89. The molecule has 7 heteroatoms. The van der Waals surface area contributed by atoms with Gasteiger partial charge in [-0.05, 0) is 69.7 Å². The molecule has 0 spiro atoms. The molecular formula is C23H32N4O3. The molecule has 1 amide bonds. The number of carbonyl (C=O) groups excluding carboxylic acids is 1. The Labute approximate surface area is 178 Å². The number of piperidine rings is 1. The van der Waals surface area contributed by atoms with Crippen molar-refractivity contribution in [3.63, 3.8) is 0 Å². The van der Waals surface area contributed by atoms with E-state index >= 15 is 0 Å². The molecule has 3 heterocycles. The van der Waals surface area contributed by atoms with Crippen molar-refractivity contribution in [2.45, 2.75) is 51.5 Å². The molecule has 1 N–H and O–H groups in total. The summed E-state index contributed by atoms with van der Waals surface area (Å²) in [6.07, 6.45) is 4.66. The topological polar surface area (TPSA) is 80.5 Å². The first kappa shape index (κ1) is 21.0. The van der Waals surface area contributed by atoms with Crippen LogP contribution in [-0.4, -0.2) is 54.5 Å². The number of nitrogens with zero attached hydrogens (tertiary/aromatic N) is 3. The molecule has 0 bridgehead atoms. The van der Waals surface area contributed by atoms with Crippen LogP contribution in [0.5, 0.6) is 0 Å². The van der Waals surface area contributed by atoms with Crippen LogP contribution in [0.1, 0.15) is 54.1 Å². The van der Waals surface area contributed by atoms with E-state index in [1.807, 2.05) is 6.92 Å². The van der Waals surface area contributed by atoms with Crippen LogP contribution < -0.4 is 5.32 Å². The quantitative estimate of drug-likeness (QED) is 0.786. The molecule has 7 nitrogen and oxygen atoms in total. The van der Waals surface area contributed by atoms with E-state index in [4.69, 9.17) is 9.37 Å². The largest absolute Gasteiger partial charge is 0.381 e. The van der Waals surface area contributed by atoms with Crippen molar-refractivity contribution < 1.29 is 14.2 Å². The summed E-state index contributed by atoms with van der Waals surface area (Å²) in [6.45, 7) is 5.69. The van der Waals surface area contributed by atoms with Crippen LogP contribution in [0.3, 0.4) is 0 Å². The van der Waals surface area contributed by atoms with Gasteiger partial charge in [-0.15, -0.1) is 0 Å². The number of amides is 1. The molecule has 0 saturated carbocycles. The molecule has 30 heavy (non-hydrogen) atoms. The van der Waals surface area contributed by atoms with Crippen molar-refractivity contribution in [2.75, 3.05) is 33.4 Å². The van der Waals surface area contributed by atoms with Crippen LogP contribution in [0.4, 0.5) is 0 Å². The van der Waals surface area contributed by atoms with Crippen LogP contribution in [0.15, 0.2) is 28.9 Å². The Hall–Kier alpha value is -2.25. The first-order valence-corrected chi connectivity index (χ1v) is 11.0. The van der Waals surface area contributed by atoms with Crippen molar-refractivity contribution >= 4 is 5.91 Å². The van der Waals surface area contributed by atoms with Gasteiger partial charge in [-0.2, -0.15) is 0 Å². The zero-order valence-corrected chi connectivity index (χ0v) is 18.0. The van der Waals surface area contributed by atoms with Gasteiger partial charge in [0.1, 0.15) is 11.4 Å². The summed E-state index contributed by atoms with van der Waals surface area (Å²) in [6, 6.07) is 8.87. The van der Waals surface area contributed by atoms with Gasteiger partial charge in [-0.3, -0.25) is 4.79 Å². The number of ether oxygens (including phenoxy) is 1. The Morgan fingerprint density at radius 3 is 2.87 bits per heavy atom. The second kappa shape index (κ2) is 9.27. The van der Waals surface area contributed by atoms with E-state index in [9.17, 15) is 4.79 Å². The highest BCUT2D eigenvalue weighted by Crippen LogP contribution is 2.36. The number of carbonyl (C=O) groups is 1. The molecule has 2 fully saturated rings. The molecular weight excluding hydrogens is 380 g/mol. The highest BCUT2D eigenvalue weighted by molar-refractivity contribution is 5.83. The predicted molar refractivity (Wildman–Crippen MR) is 113 cm³/mol. The highest BCUT2D eigenvalue weighted by atomic mass is 16.6. The summed E-state index contributed by atoms with van der Waals surface area (Å²) in [5, 5.41) is 10.7. The molecule has 0 unspecified atom stereocenters. The number of hydrogen-bond donors (Lipinski definition) is 1. The van der Waals surface area contributed by atoms with Gasteiger partial charge in [0.2, 0.25) is 5.91 Å². The lowest BCUT2D eigenvalue weighted by Gasteiger charge is -2.36. The van der Waals surface area contributed by atoms with Crippen molar-refractivity contribution in [2.24, 2.45) is 5.41 Å². The van der Waals surface area contributed by atoms with Crippen LogP contribution in [0.2, 0.25) is 0 Å². The average molecular weight is 413 g/mol. The first-order chi connectivity index (χ1) is 14.6. The van der Waals surface area contributed by atoms with Gasteiger partial charge < -0.3 is 15.0 Å². The predicted octanol–water partition coefficient (Wildman–Crippen LogP) is 2.84. The third-order valence-corrected chi connectivity index (χ3v) is 6.68. The normalized spacial score (nSPS) is 22.0. The molecule has 2 aliphatic rings. The Morgan fingerprint density at radius 1 is 1.30 bits per heavy atom. The molecule has 1 atom stereocenters. The fourth-order valence-electron chi connectivity index (χ4n) is 4.79. The Balaban J connectivity index is 1.49. The number of aryl methyl sites for hydroxylation is 1. The molecule has 4 rings (SSSR count). The maximum Gasteiger partial charge on any atom is 0.227 e. The standard InChI is InChI=1S/C23H32N4O3/c1-17-21(26-30-25-17)15-24-22(28)23(8-11-29-12-9-23)14-18-5-3-6-19(13-18)20-7-4-10-27(2)16-20/h3,5-6,13,20H,4,7-12,14-16H2,1-2H3,(H,24,28)/t20-/m0/s1. The molecule has 2 saturated heterocycles. The molecule has 0 radical (unpaired) electrons. The third kappa shape index (κ3) is 4.73. The molecule has 2 aliphatic heterocycles. The van der Waals surface area contributed by atoms with Gasteiger partial charge in [-0.25, -0.2) is 4.63 Å². The zero-order valence-electron chi connectivity index (χ0n) is 18.0. The van der Waals surface area contributed by atoms with E-state index < -0.39 is 5.41 Å². The Kier molecular flexibility index (Phi) is 6.49. The molecule has 2 aromatic rings. The third-order valence-electron chi connectivity index (χ3n) is 6.68. The summed E-state index contributed by atoms with van der Waals surface area (Å²) in [4.78, 5) is 15.7. The van der Waals surface area contributed by atoms with Gasteiger partial charge >= 0.3 is 0 Å². The fraction of sp³-hybridized carbons (Fsp3) is 0.609. The van der Waals surface area contributed by atoms with E-state index in [1.165, 1.54) is 30.5 Å². The summed E-state index contributed by atoms with van der Waals surface area (Å²) in [5.41, 5.74) is 3.56. The number of aromatic nitrogens is 2. The highest BCUT2D eigenvalue weighted by Gasteiger charge is 2.40. The van der Waals surface area contributed by atoms with Gasteiger partial charge in [0.25, 0.3) is 0 Å². The summed E-state index contributed by atoms with van der Waals surface area (Å²) >= 11 is 0. The van der Waals surface area contributed by atoms with Gasteiger partial charge in [0.15, 0.2) is 0 Å². The smallest absolute Gasteiger partial charge is 0.227 e. The number of likely N-dealkylation sites (N-methyl/N-ethyl adjacent to an activating group) is 1. The molecule has 0 aliphatic carbocycles. The maximum absolute atomic E-state index is 13.3. The zero-order chi connectivity index (χ0) is 21.0. The molecule has 1 aromatic carbocycles. The molecule has 1 aromatic heterocycles. The maximum atomic E-state index is 13.3. The SMILES string of the molecule is Cc1nonc1CNC(=O)C1(Cc2cccc([C@H]3CCCN(C)C3)c2)CCOCC1. The number of benzene rings is 1. The van der Waals surface area contributed by atoms with Crippen molar-refractivity contribution in [3.8, 4) is 0 Å². The lowest BCUT2D eigenvalue weighted by Crippen LogP contribution is -2.46. The Bertz CT molecular complexity index is 860. The number of rotatable bonds is 6. The van der Waals surface area contributed by atoms with Crippen molar-refractivity contribution in [1.82, 2.24) is 20.5 Å². The second-order valence-corrected chi connectivity index (χ2v) is 8.89. The number of nitrogens with one attached hydrogen (secondary N) is 1. The van der Waals surface area contributed by atoms with Crippen LogP contribution in [-0.2, 0) is 22.5 Å². The van der Waals surface area contributed by atoms with Crippen molar-refractivity contribution in [3.05, 3.63) is 46.8 Å². The fourth-order valence-corrected chi connectivity index (χ4v) is 4.79. The number of likely N-dealkylation sites (tertiary alicyclic amines) is 1. The number of hydrogen-bond acceptors (Lipinski definition) is 6. The monoisotopic (exact) mass is 412 g/mol. The summed E-state index contributed by atoms with van der Waals surface area (Å²) in [5.74, 6) is 0.641. The lowest BCUT2D eigenvalue weighted by molar-refractivity contribution is -0.136. The van der Waals surface area contributed by atoms with Crippen LogP contribution >= 0.6 is 0 Å². The minimum atomic E-state index is -0.453. The van der Waals surface area contributed by atoms with E-state index in [-0.39, 0.29) is 5.91 Å². The Morgan fingerprint density at radius 2 is 2.13 bits per heavy atom. The summed E-state index contributed by atoms with van der Waals surface area (Å²) < 4.78 is 10.3. The lowest BCUT2D eigenvalue weighted by atomic mass is 9.74. The van der Waals surface area contributed by atoms with E-state index in [0.29, 0.717) is 37.1 Å². The molecule has 162 valence electrons. The van der Waals surface area contributed by atoms with Gasteiger partial charge in [0, 0.05) is 19.8 Å². The first-order valence-electron chi connectivity index (χ1n) is 11.0. The van der Waals surface area contributed by atoms with E-state index in [0.717, 1.165) is 25.8 Å². The summed E-state index contributed by atoms with van der Waals surface area (Å²) in [7, 11) is 2.20. The minimum absolute atomic E-state index is 0.0657. The van der Waals surface area contributed by atoms with Crippen molar-refractivity contribution in [1.29, 1.82) is 0 Å². The average Bonchev–Trinajstić information content (AvgIpc) is 3.17. The van der Waals surface area contributed by atoms with Crippen LogP contribution in [0, 0.1) is 12.3 Å². The van der Waals surface area contributed by atoms with E-state index in [2.05, 4.69) is 51.8 Å². The minimum Gasteiger partial charge on any atom is -0.381 e. The van der Waals surface area contributed by atoms with Gasteiger partial charge in [-0.1, -0.05) is 34.6 Å². The van der Waals surface area contributed by atoms with Gasteiger partial charge in [0.05, 0.1) is 12.0 Å². The van der Waals surface area contributed by atoms with E-state index in [1.54, 1.807) is 0 Å². The van der Waals surface area contributed by atoms with Crippen LogP contribution in [0.25, 0.3) is 0 Å².